The van der Waals surface area contributed by atoms with Gasteiger partial charge in [0, 0.05) is 13.0 Å². The van der Waals surface area contributed by atoms with Gasteiger partial charge in [-0.1, -0.05) is 36.4 Å². The topological polar surface area (TPSA) is 25.8 Å². The highest BCUT2D eigenvalue weighted by atomic mass is 32.1. The maximum Gasteiger partial charge on any atom is 0.118 e. The largest absolute Gasteiger partial charge is 0.376 e. The van der Waals surface area contributed by atoms with E-state index >= 15 is 0 Å². The van der Waals surface area contributed by atoms with Crippen LogP contribution in [-0.4, -0.2) is 18.8 Å². The van der Waals surface area contributed by atoms with E-state index in [0.717, 1.165) is 18.9 Å². The smallest absolute Gasteiger partial charge is 0.118 e. The Morgan fingerprint density at radius 2 is 2.00 bits per heavy atom. The number of nitrogens with two attached hydrogens (primary N) is 1. The molecule has 0 unspecified atom stereocenters. The van der Waals surface area contributed by atoms with Gasteiger partial charge in [0.15, 0.2) is 0 Å². The first-order valence-electron chi connectivity index (χ1n) is 9.61. The summed E-state index contributed by atoms with van der Waals surface area (Å²) in [7, 11) is 0. The molecule has 3 heteroatoms. The van der Waals surface area contributed by atoms with Gasteiger partial charge in [-0.05, 0) is 62.5 Å². The van der Waals surface area contributed by atoms with Crippen molar-refractivity contribution in [3.8, 4) is 0 Å². The third kappa shape index (κ3) is 5.16. The van der Waals surface area contributed by atoms with Crippen molar-refractivity contribution >= 4 is 11.3 Å². The van der Waals surface area contributed by atoms with Crippen LogP contribution in [0.1, 0.15) is 62.4 Å². The molecule has 0 saturated carbocycles. The van der Waals surface area contributed by atoms with Crippen molar-refractivity contribution in [2.45, 2.75) is 57.6 Å². The number of rotatable bonds is 7. The lowest BCUT2D eigenvalue weighted by Gasteiger charge is -2.39. The Hall–Kier alpha value is -1.16. The zero-order valence-corrected chi connectivity index (χ0v) is 16.6. The number of quaternary nitrogens is 1. The molecule has 2 N–H and O–H groups in total. The molecule has 1 aromatic heterocycles. The molecule has 1 saturated heterocycles. The van der Waals surface area contributed by atoms with E-state index in [-0.39, 0.29) is 5.60 Å². The van der Waals surface area contributed by atoms with E-state index in [9.17, 15) is 0 Å². The lowest BCUT2D eigenvalue weighted by Crippen LogP contribution is -2.84. The molecule has 25 heavy (non-hydrogen) atoms. The molecule has 0 aliphatic carbocycles. The van der Waals surface area contributed by atoms with Crippen molar-refractivity contribution in [2.24, 2.45) is 5.92 Å². The van der Waals surface area contributed by atoms with Crippen LogP contribution < -0.4 is 5.32 Å². The zero-order valence-electron chi connectivity index (χ0n) is 15.8. The van der Waals surface area contributed by atoms with Crippen molar-refractivity contribution in [1.82, 2.24) is 0 Å². The summed E-state index contributed by atoms with van der Waals surface area (Å²) in [6.45, 7) is 8.88. The van der Waals surface area contributed by atoms with Crippen LogP contribution in [0.2, 0.25) is 0 Å². The molecular weight excluding hydrogens is 326 g/mol. The van der Waals surface area contributed by atoms with Gasteiger partial charge >= 0.3 is 0 Å². The van der Waals surface area contributed by atoms with Crippen LogP contribution in [-0.2, 0) is 4.74 Å². The predicted molar refractivity (Wildman–Crippen MR) is 106 cm³/mol. The lowest BCUT2D eigenvalue weighted by molar-refractivity contribution is -0.692. The van der Waals surface area contributed by atoms with Gasteiger partial charge in [-0.3, -0.25) is 0 Å². The average molecular weight is 359 g/mol. The van der Waals surface area contributed by atoms with E-state index in [1.165, 1.54) is 29.8 Å². The second-order valence-corrected chi connectivity index (χ2v) is 8.97. The van der Waals surface area contributed by atoms with Crippen LogP contribution in [0.5, 0.6) is 0 Å². The Morgan fingerprint density at radius 3 is 2.68 bits per heavy atom. The molecule has 0 radical (unpaired) electrons. The number of ether oxygens (including phenoxy) is 1. The fourth-order valence-corrected chi connectivity index (χ4v) is 4.97. The minimum atomic E-state index is 0.0178. The molecule has 0 spiro atoms. The molecule has 0 amide bonds. The normalized spacial score (nSPS) is 22.4. The molecule has 2 heterocycles. The molecule has 2 aromatic rings. The van der Waals surface area contributed by atoms with Crippen LogP contribution in [0.4, 0.5) is 0 Å². The van der Waals surface area contributed by atoms with Crippen LogP contribution in [0, 0.1) is 5.92 Å². The maximum atomic E-state index is 5.97. The first kappa shape index (κ1) is 18.6. The van der Waals surface area contributed by atoms with Gasteiger partial charge in [-0.15, -0.1) is 11.3 Å². The number of hydrogen-bond donors (Lipinski definition) is 1. The van der Waals surface area contributed by atoms with E-state index in [0.29, 0.717) is 12.0 Å². The maximum absolute atomic E-state index is 5.97. The van der Waals surface area contributed by atoms with E-state index in [1.54, 1.807) is 0 Å². The summed E-state index contributed by atoms with van der Waals surface area (Å²) >= 11 is 1.87. The van der Waals surface area contributed by atoms with E-state index in [2.05, 4.69) is 73.9 Å². The van der Waals surface area contributed by atoms with Crippen molar-refractivity contribution in [1.29, 1.82) is 0 Å². The molecule has 136 valence electrons. The van der Waals surface area contributed by atoms with Crippen LogP contribution in [0.15, 0.2) is 47.8 Å². The number of benzene rings is 1. The Morgan fingerprint density at radius 1 is 1.20 bits per heavy atom. The summed E-state index contributed by atoms with van der Waals surface area (Å²) in [6.07, 6.45) is 3.58. The Labute approximate surface area is 156 Å². The second-order valence-electron chi connectivity index (χ2n) is 8.00. The van der Waals surface area contributed by atoms with Gasteiger partial charge in [-0.2, -0.15) is 0 Å². The highest BCUT2D eigenvalue weighted by molar-refractivity contribution is 7.10. The van der Waals surface area contributed by atoms with Crippen LogP contribution >= 0.6 is 11.3 Å². The summed E-state index contributed by atoms with van der Waals surface area (Å²) < 4.78 is 5.97. The predicted octanol–water partition coefficient (Wildman–Crippen LogP) is 4.75. The van der Waals surface area contributed by atoms with Gasteiger partial charge < -0.3 is 10.1 Å². The molecule has 1 aliphatic rings. The third-order valence-electron chi connectivity index (χ3n) is 5.52. The Balaban J connectivity index is 1.65. The van der Waals surface area contributed by atoms with Gasteiger partial charge in [-0.25, -0.2) is 0 Å². The summed E-state index contributed by atoms with van der Waals surface area (Å²) in [5.41, 5.74) is 1.52. The fourth-order valence-electron chi connectivity index (χ4n) is 4.19. The van der Waals surface area contributed by atoms with E-state index in [4.69, 9.17) is 4.74 Å². The van der Waals surface area contributed by atoms with E-state index in [1.807, 2.05) is 11.3 Å². The molecule has 3 rings (SSSR count). The SMILES string of the molecule is C[C@H]([NH2+]CC[C@@H](c1ccccc1)[C@@H]1CCOC(C)(C)C1)c1cccs1. The monoisotopic (exact) mass is 358 g/mol. The second kappa shape index (κ2) is 8.48. The summed E-state index contributed by atoms with van der Waals surface area (Å²) in [6, 6.07) is 16.1. The molecule has 1 aromatic carbocycles. The van der Waals surface area contributed by atoms with Crippen molar-refractivity contribution in [3.05, 3.63) is 58.3 Å². The Bertz CT molecular complexity index is 623. The molecule has 0 bridgehead atoms. The quantitative estimate of drug-likeness (QED) is 0.759. The Kier molecular flexibility index (Phi) is 6.32. The molecule has 3 atom stereocenters. The van der Waals surface area contributed by atoms with E-state index < -0.39 is 0 Å². The summed E-state index contributed by atoms with van der Waals surface area (Å²) in [5.74, 6) is 1.35. The lowest BCUT2D eigenvalue weighted by atomic mass is 9.75. The molecule has 2 nitrogen and oxygen atoms in total. The van der Waals surface area contributed by atoms with Crippen molar-refractivity contribution in [3.63, 3.8) is 0 Å². The van der Waals surface area contributed by atoms with Gasteiger partial charge in [0.2, 0.25) is 0 Å². The summed E-state index contributed by atoms with van der Waals surface area (Å²) in [4.78, 5) is 1.48. The number of thiophene rings is 1. The fraction of sp³-hybridized carbons (Fsp3) is 0.545. The summed E-state index contributed by atoms with van der Waals surface area (Å²) in [5, 5.41) is 4.68. The standard InChI is InChI=1S/C22H31NOS/c1-17(21-10-7-15-25-21)23-13-11-20(18-8-5-4-6-9-18)19-12-14-24-22(2,3)16-19/h4-10,15,17,19-20,23H,11-14,16H2,1-3H3/p+1/t17-,19+,20-/m0/s1. The number of hydrogen-bond acceptors (Lipinski definition) is 2. The highest BCUT2D eigenvalue weighted by Gasteiger charge is 2.34. The minimum absolute atomic E-state index is 0.0178. The van der Waals surface area contributed by atoms with Crippen LogP contribution in [0.25, 0.3) is 0 Å². The van der Waals surface area contributed by atoms with Crippen molar-refractivity contribution in [2.75, 3.05) is 13.2 Å². The third-order valence-corrected chi connectivity index (χ3v) is 6.60. The molecule has 1 aliphatic heterocycles. The first-order valence-corrected chi connectivity index (χ1v) is 10.5. The van der Waals surface area contributed by atoms with Crippen LogP contribution in [0.3, 0.4) is 0 Å². The first-order chi connectivity index (χ1) is 12.1. The molecule has 1 fully saturated rings. The van der Waals surface area contributed by atoms with Gasteiger partial charge in [0.25, 0.3) is 0 Å². The average Bonchev–Trinajstić information content (AvgIpc) is 3.13. The minimum Gasteiger partial charge on any atom is -0.376 e. The van der Waals surface area contributed by atoms with Crippen molar-refractivity contribution < 1.29 is 10.1 Å². The van der Waals surface area contributed by atoms with Gasteiger partial charge in [0.1, 0.15) is 6.04 Å². The highest BCUT2D eigenvalue weighted by Crippen LogP contribution is 2.39. The zero-order chi connectivity index (χ0) is 17.7. The molecular formula is C22H32NOS+. The van der Waals surface area contributed by atoms with Gasteiger partial charge in [0.05, 0.1) is 17.0 Å².